The summed E-state index contributed by atoms with van der Waals surface area (Å²) < 4.78 is 1.41. The van der Waals surface area contributed by atoms with Gasteiger partial charge in [0.1, 0.15) is 0 Å². The van der Waals surface area contributed by atoms with Gasteiger partial charge in [-0.2, -0.15) is 0 Å². The lowest BCUT2D eigenvalue weighted by Gasteiger charge is -2.41. The highest BCUT2D eigenvalue weighted by Gasteiger charge is 2.32. The number of halogens is 1. The molecule has 2 N–H and O–H groups in total. The van der Waals surface area contributed by atoms with Crippen LogP contribution in [0, 0.1) is 11.8 Å². The number of aromatic nitrogens is 3. The molecule has 1 saturated heterocycles. The van der Waals surface area contributed by atoms with Crippen molar-refractivity contribution in [3.8, 4) is 11.4 Å². The molecule has 1 aromatic heterocycles. The lowest BCUT2D eigenvalue weighted by Crippen LogP contribution is -2.45. The van der Waals surface area contributed by atoms with Crippen LogP contribution in [0.2, 0.25) is 5.02 Å². The average molecular weight is 406 g/mol. The van der Waals surface area contributed by atoms with E-state index in [1.165, 1.54) is 42.1 Å². The Morgan fingerprint density at radius 1 is 1.19 bits per heavy atom. The number of carbonyl (C=O) groups excluding carboxylic acids is 1. The minimum atomic E-state index is 0.159. The monoisotopic (exact) mass is 405 g/mol. The number of nitrogen functional groups attached to an aromatic ring is 1. The van der Waals surface area contributed by atoms with Crippen molar-refractivity contribution in [1.82, 2.24) is 19.8 Å². The number of fused-ring (bicyclic) bond motifs is 1. The Labute approximate surface area is 168 Å². The fourth-order valence-corrected chi connectivity index (χ4v) is 5.23. The SMILES string of the molecule is Nn1c(SCC(=O)N2CC[C@@H]3CCCC[C@H]3C2)nnc1-c1ccccc1Cl. The van der Waals surface area contributed by atoms with E-state index in [1.54, 1.807) is 6.07 Å². The van der Waals surface area contributed by atoms with Crippen LogP contribution in [0.1, 0.15) is 32.1 Å². The van der Waals surface area contributed by atoms with Crippen LogP contribution in [0.25, 0.3) is 11.4 Å². The van der Waals surface area contributed by atoms with Gasteiger partial charge in [0.2, 0.25) is 11.1 Å². The van der Waals surface area contributed by atoms with Crippen LogP contribution in [0.5, 0.6) is 0 Å². The normalized spacial score (nSPS) is 22.5. The molecule has 1 amide bonds. The first-order valence-electron chi connectivity index (χ1n) is 9.49. The van der Waals surface area contributed by atoms with Crippen molar-refractivity contribution >= 4 is 29.3 Å². The highest BCUT2D eigenvalue weighted by molar-refractivity contribution is 7.99. The second-order valence-electron chi connectivity index (χ2n) is 7.38. The number of hydrogen-bond donors (Lipinski definition) is 1. The summed E-state index contributed by atoms with van der Waals surface area (Å²) in [6.45, 7) is 1.78. The Hall–Kier alpha value is -1.73. The number of piperidine rings is 1. The molecule has 1 aliphatic heterocycles. The van der Waals surface area contributed by atoms with Gasteiger partial charge in [0, 0.05) is 18.7 Å². The Kier molecular flexibility index (Phi) is 5.59. The first kappa shape index (κ1) is 18.6. The number of benzene rings is 1. The van der Waals surface area contributed by atoms with Crippen molar-refractivity contribution in [2.45, 2.75) is 37.3 Å². The predicted molar refractivity (Wildman–Crippen MR) is 108 cm³/mol. The van der Waals surface area contributed by atoms with Gasteiger partial charge in [-0.15, -0.1) is 10.2 Å². The van der Waals surface area contributed by atoms with Crippen molar-refractivity contribution in [1.29, 1.82) is 0 Å². The van der Waals surface area contributed by atoms with Gasteiger partial charge in [-0.25, -0.2) is 4.68 Å². The second-order valence-corrected chi connectivity index (χ2v) is 8.73. The molecule has 0 bridgehead atoms. The molecule has 0 unspecified atom stereocenters. The number of hydrogen-bond acceptors (Lipinski definition) is 5. The third-order valence-electron chi connectivity index (χ3n) is 5.75. The summed E-state index contributed by atoms with van der Waals surface area (Å²) in [7, 11) is 0. The molecule has 2 aliphatic rings. The number of thioether (sulfide) groups is 1. The number of likely N-dealkylation sites (tertiary alicyclic amines) is 1. The molecule has 1 aromatic carbocycles. The molecule has 2 aromatic rings. The number of nitrogens with two attached hydrogens (primary N) is 1. The van der Waals surface area contributed by atoms with Crippen LogP contribution in [0.4, 0.5) is 0 Å². The highest BCUT2D eigenvalue weighted by Crippen LogP contribution is 2.36. The van der Waals surface area contributed by atoms with Crippen LogP contribution in [0.15, 0.2) is 29.4 Å². The first-order valence-corrected chi connectivity index (χ1v) is 10.9. The zero-order valence-corrected chi connectivity index (χ0v) is 16.8. The van der Waals surface area contributed by atoms with Gasteiger partial charge in [0.25, 0.3) is 0 Å². The van der Waals surface area contributed by atoms with Crippen molar-refractivity contribution < 1.29 is 4.79 Å². The smallest absolute Gasteiger partial charge is 0.233 e. The molecule has 4 rings (SSSR count). The maximum absolute atomic E-state index is 12.7. The standard InChI is InChI=1S/C19H24ClN5OS/c20-16-8-4-3-7-15(16)18-22-23-19(25(18)21)27-12-17(26)24-10-9-13-5-1-2-6-14(13)11-24/h3-4,7-8,13-14H,1-2,5-6,9-12,21H2/t13-,14-/m0/s1. The van der Waals surface area contributed by atoms with Crippen molar-refractivity contribution in [2.24, 2.45) is 11.8 Å². The molecule has 2 atom stereocenters. The Morgan fingerprint density at radius 3 is 2.78 bits per heavy atom. The number of nitrogens with zero attached hydrogens (tertiary/aromatic N) is 4. The summed E-state index contributed by atoms with van der Waals surface area (Å²) in [5.74, 6) is 8.64. The molecule has 1 aliphatic carbocycles. The van der Waals surface area contributed by atoms with Gasteiger partial charge in [0.15, 0.2) is 5.82 Å². The third-order valence-corrected chi connectivity index (χ3v) is 7.01. The Bertz CT molecular complexity index is 826. The Morgan fingerprint density at radius 2 is 1.96 bits per heavy atom. The van der Waals surface area contributed by atoms with Crippen LogP contribution in [0.3, 0.4) is 0 Å². The molecule has 27 heavy (non-hydrogen) atoms. The molecule has 1 saturated carbocycles. The maximum atomic E-state index is 12.7. The molecular formula is C19H24ClN5OS. The molecular weight excluding hydrogens is 382 g/mol. The summed E-state index contributed by atoms with van der Waals surface area (Å²) in [4.78, 5) is 14.7. The Balaban J connectivity index is 1.38. The zero-order chi connectivity index (χ0) is 18.8. The number of amides is 1. The summed E-state index contributed by atoms with van der Waals surface area (Å²) in [6, 6.07) is 7.37. The molecule has 0 spiro atoms. The van der Waals surface area contributed by atoms with Crippen LogP contribution >= 0.6 is 23.4 Å². The van der Waals surface area contributed by atoms with Gasteiger partial charge in [-0.05, 0) is 36.8 Å². The molecule has 2 fully saturated rings. The molecule has 2 heterocycles. The summed E-state index contributed by atoms with van der Waals surface area (Å²) >= 11 is 7.55. The topological polar surface area (TPSA) is 77.0 Å². The largest absolute Gasteiger partial charge is 0.342 e. The summed E-state index contributed by atoms with van der Waals surface area (Å²) in [5.41, 5.74) is 0.728. The van der Waals surface area contributed by atoms with Crippen molar-refractivity contribution in [2.75, 3.05) is 24.7 Å². The molecule has 144 valence electrons. The van der Waals surface area contributed by atoms with E-state index in [2.05, 4.69) is 10.2 Å². The minimum Gasteiger partial charge on any atom is -0.342 e. The van der Waals surface area contributed by atoms with E-state index in [9.17, 15) is 4.79 Å². The van der Waals surface area contributed by atoms with Crippen LogP contribution in [-0.2, 0) is 4.79 Å². The zero-order valence-electron chi connectivity index (χ0n) is 15.2. The summed E-state index contributed by atoms with van der Waals surface area (Å²) in [6.07, 6.45) is 6.40. The van der Waals surface area contributed by atoms with Gasteiger partial charge in [-0.3, -0.25) is 4.79 Å². The van der Waals surface area contributed by atoms with Crippen molar-refractivity contribution in [3.05, 3.63) is 29.3 Å². The van der Waals surface area contributed by atoms with E-state index in [0.29, 0.717) is 27.7 Å². The molecule has 6 nitrogen and oxygen atoms in total. The third kappa shape index (κ3) is 3.94. The van der Waals surface area contributed by atoms with Gasteiger partial charge < -0.3 is 10.7 Å². The van der Waals surface area contributed by atoms with E-state index in [4.69, 9.17) is 17.4 Å². The fourth-order valence-electron chi connectivity index (χ4n) is 4.25. The van der Waals surface area contributed by atoms with E-state index < -0.39 is 0 Å². The maximum Gasteiger partial charge on any atom is 0.233 e. The quantitative estimate of drug-likeness (QED) is 0.622. The van der Waals surface area contributed by atoms with E-state index in [0.717, 1.165) is 31.0 Å². The van der Waals surface area contributed by atoms with Gasteiger partial charge in [0.05, 0.1) is 10.8 Å². The average Bonchev–Trinajstić information content (AvgIpc) is 3.06. The highest BCUT2D eigenvalue weighted by atomic mass is 35.5. The fraction of sp³-hybridized carbons (Fsp3) is 0.526. The number of carbonyl (C=O) groups is 1. The van der Waals surface area contributed by atoms with Crippen molar-refractivity contribution in [3.63, 3.8) is 0 Å². The van der Waals surface area contributed by atoms with E-state index in [1.807, 2.05) is 23.1 Å². The molecule has 0 radical (unpaired) electrons. The minimum absolute atomic E-state index is 0.159. The lowest BCUT2D eigenvalue weighted by molar-refractivity contribution is -0.131. The second kappa shape index (κ2) is 8.10. The molecule has 8 heteroatoms. The van der Waals surface area contributed by atoms with E-state index >= 15 is 0 Å². The number of rotatable bonds is 4. The summed E-state index contributed by atoms with van der Waals surface area (Å²) in [5, 5.41) is 9.37. The lowest BCUT2D eigenvalue weighted by atomic mass is 9.75. The van der Waals surface area contributed by atoms with Gasteiger partial charge in [-0.1, -0.05) is 54.8 Å². The predicted octanol–water partition coefficient (Wildman–Crippen LogP) is 3.44. The van der Waals surface area contributed by atoms with E-state index in [-0.39, 0.29) is 5.91 Å². The van der Waals surface area contributed by atoms with Crippen LogP contribution < -0.4 is 5.84 Å². The van der Waals surface area contributed by atoms with Crippen LogP contribution in [-0.4, -0.2) is 44.5 Å². The first-order chi connectivity index (χ1) is 13.1. The van der Waals surface area contributed by atoms with Gasteiger partial charge >= 0.3 is 0 Å².